The number of nitrogens with one attached hydrogen (secondary N) is 1. The number of aryl methyl sites for hydroxylation is 1. The van der Waals surface area contributed by atoms with Gasteiger partial charge in [0.05, 0.1) is 6.61 Å². The Labute approximate surface area is 152 Å². The Balaban J connectivity index is 1.68. The van der Waals surface area contributed by atoms with Crippen LogP contribution in [0.4, 0.5) is 0 Å². The van der Waals surface area contributed by atoms with E-state index in [9.17, 15) is 4.79 Å². The van der Waals surface area contributed by atoms with Crippen LogP contribution in [0.3, 0.4) is 0 Å². The second-order valence-corrected chi connectivity index (χ2v) is 6.04. The minimum absolute atomic E-state index is 0.178. The predicted octanol–water partition coefficient (Wildman–Crippen LogP) is 4.24. The lowest BCUT2D eigenvalue weighted by Gasteiger charge is -2.03. The molecular formula is C20H19ClN2O2. The molecule has 0 aliphatic carbocycles. The van der Waals surface area contributed by atoms with Crippen LogP contribution in [-0.2, 0) is 11.2 Å². The molecule has 25 heavy (non-hydrogen) atoms. The number of carbonyl (C=O) groups excluding carboxylic acids is 1. The Hall–Kier alpha value is -2.59. The molecule has 1 aliphatic heterocycles. The van der Waals surface area contributed by atoms with Gasteiger partial charge >= 0.3 is 0 Å². The number of halogens is 1. The summed E-state index contributed by atoms with van der Waals surface area (Å²) in [5.74, 6) is 1.30. The quantitative estimate of drug-likeness (QED) is 0.789. The lowest BCUT2D eigenvalue weighted by atomic mass is 10.1. The van der Waals surface area contributed by atoms with Crippen molar-refractivity contribution in [2.24, 2.45) is 4.99 Å². The molecule has 1 N–H and O–H groups in total. The fourth-order valence-electron chi connectivity index (χ4n) is 2.57. The van der Waals surface area contributed by atoms with Crippen LogP contribution in [0, 0.1) is 0 Å². The number of hydrogen-bond acceptors (Lipinski definition) is 3. The lowest BCUT2D eigenvalue weighted by Crippen LogP contribution is -2.24. The number of carbonyl (C=O) groups is 1. The smallest absolute Gasteiger partial charge is 0.275 e. The van der Waals surface area contributed by atoms with Crippen molar-refractivity contribution in [3.63, 3.8) is 0 Å². The van der Waals surface area contributed by atoms with Crippen molar-refractivity contribution < 1.29 is 9.53 Å². The van der Waals surface area contributed by atoms with Gasteiger partial charge in [-0.1, -0.05) is 41.9 Å². The lowest BCUT2D eigenvalue weighted by molar-refractivity contribution is -0.115. The Morgan fingerprint density at radius 1 is 1.12 bits per heavy atom. The monoisotopic (exact) mass is 354 g/mol. The predicted molar refractivity (Wildman–Crippen MR) is 101 cm³/mol. The van der Waals surface area contributed by atoms with Crippen LogP contribution in [-0.4, -0.2) is 18.3 Å². The molecule has 2 aromatic rings. The van der Waals surface area contributed by atoms with Crippen LogP contribution in [0.1, 0.15) is 24.5 Å². The topological polar surface area (TPSA) is 50.7 Å². The first-order valence-electron chi connectivity index (χ1n) is 8.22. The third-order valence-corrected chi connectivity index (χ3v) is 4.20. The minimum Gasteiger partial charge on any atom is -0.494 e. The summed E-state index contributed by atoms with van der Waals surface area (Å²) in [6, 6.07) is 15.3. The van der Waals surface area contributed by atoms with Crippen molar-refractivity contribution in [2.45, 2.75) is 19.8 Å². The summed E-state index contributed by atoms with van der Waals surface area (Å²) in [7, 11) is 0. The van der Waals surface area contributed by atoms with E-state index in [2.05, 4.69) is 10.3 Å². The Bertz CT molecular complexity index is 826. The van der Waals surface area contributed by atoms with Crippen LogP contribution in [0.2, 0.25) is 5.02 Å². The summed E-state index contributed by atoms with van der Waals surface area (Å²) in [4.78, 5) is 16.5. The maximum absolute atomic E-state index is 12.1. The molecule has 2 aromatic carbocycles. The minimum atomic E-state index is -0.178. The van der Waals surface area contributed by atoms with Gasteiger partial charge in [0.2, 0.25) is 0 Å². The molecule has 1 aliphatic rings. The highest BCUT2D eigenvalue weighted by Gasteiger charge is 2.19. The number of nitrogens with zero attached hydrogens (tertiary/aromatic N) is 1. The third kappa shape index (κ3) is 4.48. The van der Waals surface area contributed by atoms with Crippen LogP contribution < -0.4 is 10.1 Å². The van der Waals surface area contributed by atoms with Gasteiger partial charge in [-0.2, -0.15) is 0 Å². The summed E-state index contributed by atoms with van der Waals surface area (Å²) in [6.07, 6.45) is 3.14. The van der Waals surface area contributed by atoms with Crippen LogP contribution >= 0.6 is 11.6 Å². The van der Waals surface area contributed by atoms with E-state index >= 15 is 0 Å². The second kappa shape index (κ2) is 7.99. The van der Waals surface area contributed by atoms with E-state index in [-0.39, 0.29) is 5.91 Å². The van der Waals surface area contributed by atoms with E-state index in [0.29, 0.717) is 24.6 Å². The number of aliphatic imine (C=N–C) groups is 1. The van der Waals surface area contributed by atoms with Crippen LogP contribution in [0.25, 0.3) is 6.08 Å². The maximum Gasteiger partial charge on any atom is 0.275 e. The van der Waals surface area contributed by atoms with Crippen molar-refractivity contribution in [1.29, 1.82) is 0 Å². The van der Waals surface area contributed by atoms with Gasteiger partial charge in [-0.15, -0.1) is 0 Å². The normalized spacial score (nSPS) is 15.2. The first kappa shape index (κ1) is 17.2. The third-order valence-electron chi connectivity index (χ3n) is 3.83. The highest BCUT2D eigenvalue weighted by molar-refractivity contribution is 6.31. The summed E-state index contributed by atoms with van der Waals surface area (Å²) >= 11 is 6.16. The van der Waals surface area contributed by atoms with Crippen molar-refractivity contribution in [2.75, 3.05) is 6.61 Å². The first-order valence-corrected chi connectivity index (χ1v) is 8.60. The number of rotatable bonds is 6. The summed E-state index contributed by atoms with van der Waals surface area (Å²) in [6.45, 7) is 2.57. The molecular weight excluding hydrogens is 336 g/mol. The molecule has 1 heterocycles. The van der Waals surface area contributed by atoms with Gasteiger partial charge in [-0.3, -0.25) is 4.79 Å². The molecule has 0 radical (unpaired) electrons. The fourth-order valence-corrected chi connectivity index (χ4v) is 2.80. The summed E-state index contributed by atoms with van der Waals surface area (Å²) in [5.41, 5.74) is 2.37. The molecule has 1 amide bonds. The van der Waals surface area contributed by atoms with Crippen molar-refractivity contribution in [1.82, 2.24) is 5.32 Å². The van der Waals surface area contributed by atoms with E-state index in [0.717, 1.165) is 28.3 Å². The summed E-state index contributed by atoms with van der Waals surface area (Å²) in [5, 5.41) is 3.55. The molecule has 0 saturated heterocycles. The number of amidine groups is 1. The molecule has 3 rings (SSSR count). The van der Waals surface area contributed by atoms with Crippen LogP contribution in [0.5, 0.6) is 5.75 Å². The fraction of sp³-hybridized carbons (Fsp3) is 0.200. The molecule has 0 unspecified atom stereocenters. The second-order valence-electron chi connectivity index (χ2n) is 5.64. The van der Waals surface area contributed by atoms with Crippen molar-refractivity contribution in [3.05, 3.63) is 70.4 Å². The zero-order valence-corrected chi connectivity index (χ0v) is 14.7. The number of hydrogen-bond donors (Lipinski definition) is 1. The average molecular weight is 355 g/mol. The molecule has 0 bridgehead atoms. The average Bonchev–Trinajstić information content (AvgIpc) is 2.96. The largest absolute Gasteiger partial charge is 0.494 e. The molecule has 0 aromatic heterocycles. The maximum atomic E-state index is 12.1. The van der Waals surface area contributed by atoms with Crippen molar-refractivity contribution in [3.8, 4) is 5.75 Å². The molecule has 0 spiro atoms. The van der Waals surface area contributed by atoms with E-state index < -0.39 is 0 Å². The van der Waals surface area contributed by atoms with E-state index in [4.69, 9.17) is 16.3 Å². The Morgan fingerprint density at radius 3 is 2.60 bits per heavy atom. The van der Waals surface area contributed by atoms with E-state index in [1.165, 1.54) is 0 Å². The molecule has 5 heteroatoms. The highest BCUT2D eigenvalue weighted by atomic mass is 35.5. The van der Waals surface area contributed by atoms with Gasteiger partial charge in [-0.25, -0.2) is 4.99 Å². The zero-order valence-electron chi connectivity index (χ0n) is 14.0. The SMILES string of the molecule is CCOc1ccc(/C=C2/N=C(CCc3ccccc3Cl)NC2=O)cc1. The molecule has 128 valence electrons. The molecule has 0 saturated carbocycles. The van der Waals surface area contributed by atoms with Gasteiger partial charge in [0.25, 0.3) is 5.91 Å². The van der Waals surface area contributed by atoms with Gasteiger partial charge in [-0.05, 0) is 48.7 Å². The number of benzene rings is 2. The summed E-state index contributed by atoms with van der Waals surface area (Å²) < 4.78 is 5.41. The van der Waals surface area contributed by atoms with E-state index in [1.807, 2.05) is 55.5 Å². The van der Waals surface area contributed by atoms with E-state index in [1.54, 1.807) is 6.08 Å². The molecule has 4 nitrogen and oxygen atoms in total. The Morgan fingerprint density at radius 2 is 1.88 bits per heavy atom. The van der Waals surface area contributed by atoms with Gasteiger partial charge in [0.15, 0.2) is 0 Å². The molecule has 0 atom stereocenters. The Kier molecular flexibility index (Phi) is 5.51. The highest BCUT2D eigenvalue weighted by Crippen LogP contribution is 2.19. The zero-order chi connectivity index (χ0) is 17.6. The first-order chi connectivity index (χ1) is 12.2. The van der Waals surface area contributed by atoms with Gasteiger partial charge in [0, 0.05) is 11.4 Å². The van der Waals surface area contributed by atoms with Crippen LogP contribution in [0.15, 0.2) is 59.2 Å². The van der Waals surface area contributed by atoms with Gasteiger partial charge in [0.1, 0.15) is 17.3 Å². The standard InChI is InChI=1S/C20H19ClN2O2/c1-2-25-16-10-7-14(8-11-16)13-18-20(24)23-19(22-18)12-9-15-5-3-4-6-17(15)21/h3-8,10-11,13H,2,9,12H2,1H3,(H,22,23,24)/b18-13+. The molecule has 0 fully saturated rings. The number of amides is 1. The van der Waals surface area contributed by atoms with Gasteiger partial charge < -0.3 is 10.1 Å². The number of ether oxygens (including phenoxy) is 1. The van der Waals surface area contributed by atoms with Crippen molar-refractivity contribution >= 4 is 29.4 Å².